The molecule has 1 N–H and O–H groups in total. The zero-order valence-corrected chi connectivity index (χ0v) is 10.5. The number of nitrogens with zero attached hydrogens (tertiary/aromatic N) is 1. The van der Waals surface area contributed by atoms with Gasteiger partial charge in [0, 0.05) is 19.9 Å². The van der Waals surface area contributed by atoms with Gasteiger partial charge in [-0.15, -0.1) is 0 Å². The summed E-state index contributed by atoms with van der Waals surface area (Å²) in [6.45, 7) is 0. The molecule has 5 nitrogen and oxygen atoms in total. The SMILES string of the molecule is COc1ccccc1N(C)C(=O)CCCC(=O)O. The largest absolute Gasteiger partial charge is 0.495 e. The van der Waals surface area contributed by atoms with Gasteiger partial charge in [0.05, 0.1) is 12.8 Å². The number of carboxylic acid groups (broad SMARTS) is 1. The van der Waals surface area contributed by atoms with E-state index in [1.807, 2.05) is 12.1 Å². The molecule has 0 aromatic heterocycles. The fraction of sp³-hybridized carbons (Fsp3) is 0.385. The Balaban J connectivity index is 2.65. The van der Waals surface area contributed by atoms with Gasteiger partial charge in [-0.2, -0.15) is 0 Å². The molecule has 0 radical (unpaired) electrons. The first-order valence-electron chi connectivity index (χ1n) is 5.67. The lowest BCUT2D eigenvalue weighted by Gasteiger charge is -2.19. The fourth-order valence-corrected chi connectivity index (χ4v) is 1.60. The van der Waals surface area contributed by atoms with Gasteiger partial charge in [-0.3, -0.25) is 9.59 Å². The predicted octanol–water partition coefficient (Wildman–Crippen LogP) is 1.91. The Labute approximate surface area is 106 Å². The maximum Gasteiger partial charge on any atom is 0.303 e. The molecule has 98 valence electrons. The molecule has 0 saturated heterocycles. The van der Waals surface area contributed by atoms with E-state index in [1.54, 1.807) is 26.3 Å². The Morgan fingerprint density at radius 1 is 1.28 bits per heavy atom. The van der Waals surface area contributed by atoms with Crippen LogP contribution in [0.5, 0.6) is 5.75 Å². The van der Waals surface area contributed by atoms with E-state index in [2.05, 4.69) is 0 Å². The Morgan fingerprint density at radius 3 is 2.56 bits per heavy atom. The number of hydrogen-bond acceptors (Lipinski definition) is 3. The van der Waals surface area contributed by atoms with E-state index in [1.165, 1.54) is 4.90 Å². The highest BCUT2D eigenvalue weighted by atomic mass is 16.5. The molecular formula is C13H17NO4. The summed E-state index contributed by atoms with van der Waals surface area (Å²) in [5.41, 5.74) is 0.681. The van der Waals surface area contributed by atoms with Crippen molar-refractivity contribution in [1.82, 2.24) is 0 Å². The average molecular weight is 251 g/mol. The summed E-state index contributed by atoms with van der Waals surface area (Å²) in [5, 5.41) is 8.52. The molecule has 0 bridgehead atoms. The van der Waals surface area contributed by atoms with E-state index in [4.69, 9.17) is 9.84 Å². The Bertz CT molecular complexity index is 431. The van der Waals surface area contributed by atoms with E-state index in [-0.39, 0.29) is 18.7 Å². The summed E-state index contributed by atoms with van der Waals surface area (Å²) < 4.78 is 5.17. The first-order chi connectivity index (χ1) is 8.56. The third-order valence-electron chi connectivity index (χ3n) is 2.60. The highest BCUT2D eigenvalue weighted by molar-refractivity contribution is 5.94. The van der Waals surface area contributed by atoms with Gasteiger partial charge in [-0.1, -0.05) is 12.1 Å². The van der Waals surface area contributed by atoms with Crippen molar-refractivity contribution in [3.05, 3.63) is 24.3 Å². The Hall–Kier alpha value is -2.04. The molecule has 0 aliphatic carbocycles. The second-order valence-corrected chi connectivity index (χ2v) is 3.87. The van der Waals surface area contributed by atoms with Crippen molar-refractivity contribution in [1.29, 1.82) is 0 Å². The monoisotopic (exact) mass is 251 g/mol. The van der Waals surface area contributed by atoms with Crippen molar-refractivity contribution < 1.29 is 19.4 Å². The van der Waals surface area contributed by atoms with Crippen LogP contribution in [0.4, 0.5) is 5.69 Å². The molecule has 1 aromatic carbocycles. The Morgan fingerprint density at radius 2 is 1.94 bits per heavy atom. The Kier molecular flexibility index (Phi) is 5.17. The van der Waals surface area contributed by atoms with Gasteiger partial charge in [0.15, 0.2) is 0 Å². The van der Waals surface area contributed by atoms with Crippen LogP contribution in [0.1, 0.15) is 19.3 Å². The molecule has 1 rings (SSSR count). The predicted molar refractivity (Wildman–Crippen MR) is 67.9 cm³/mol. The first-order valence-corrected chi connectivity index (χ1v) is 5.67. The summed E-state index contributed by atoms with van der Waals surface area (Å²) in [4.78, 5) is 23.7. The molecule has 0 unspecified atom stereocenters. The smallest absolute Gasteiger partial charge is 0.303 e. The fourth-order valence-electron chi connectivity index (χ4n) is 1.60. The van der Waals surface area contributed by atoms with Crippen LogP contribution in [0.2, 0.25) is 0 Å². The summed E-state index contributed by atoms with van der Waals surface area (Å²) >= 11 is 0. The number of ether oxygens (including phenoxy) is 1. The van der Waals surface area contributed by atoms with Crippen LogP contribution in [0.15, 0.2) is 24.3 Å². The summed E-state index contributed by atoms with van der Waals surface area (Å²) in [7, 11) is 3.20. The number of benzene rings is 1. The molecule has 0 fully saturated rings. The van der Waals surface area contributed by atoms with Gasteiger partial charge < -0.3 is 14.7 Å². The van der Waals surface area contributed by atoms with Gasteiger partial charge in [-0.05, 0) is 18.6 Å². The molecule has 1 amide bonds. The molecular weight excluding hydrogens is 234 g/mol. The number of rotatable bonds is 6. The summed E-state index contributed by atoms with van der Waals surface area (Å²) in [6.07, 6.45) is 0.556. The third-order valence-corrected chi connectivity index (χ3v) is 2.60. The van der Waals surface area contributed by atoms with Crippen LogP contribution in [-0.4, -0.2) is 31.1 Å². The standard InChI is InChI=1S/C13H17NO4/c1-14(12(15)8-5-9-13(16)17)10-6-3-4-7-11(10)18-2/h3-4,6-7H,5,8-9H2,1-2H3,(H,16,17). The lowest BCUT2D eigenvalue weighted by Crippen LogP contribution is -2.26. The second kappa shape index (κ2) is 6.64. The number of carbonyl (C=O) groups excluding carboxylic acids is 1. The van der Waals surface area contributed by atoms with Crippen LogP contribution in [-0.2, 0) is 9.59 Å². The molecule has 18 heavy (non-hydrogen) atoms. The van der Waals surface area contributed by atoms with Gasteiger partial charge in [0.1, 0.15) is 5.75 Å². The van der Waals surface area contributed by atoms with E-state index in [0.717, 1.165) is 0 Å². The lowest BCUT2D eigenvalue weighted by molar-refractivity contribution is -0.137. The normalized spacial score (nSPS) is 9.89. The van der Waals surface area contributed by atoms with Crippen molar-refractivity contribution in [2.45, 2.75) is 19.3 Å². The zero-order chi connectivity index (χ0) is 13.5. The summed E-state index contributed by atoms with van der Waals surface area (Å²) in [5.74, 6) is -0.393. The molecule has 0 atom stereocenters. The maximum absolute atomic E-state index is 11.9. The minimum Gasteiger partial charge on any atom is -0.495 e. The van der Waals surface area contributed by atoms with Crippen molar-refractivity contribution in [2.75, 3.05) is 19.1 Å². The highest BCUT2D eigenvalue weighted by Crippen LogP contribution is 2.27. The molecule has 0 aliphatic rings. The zero-order valence-electron chi connectivity index (χ0n) is 10.5. The minimum absolute atomic E-state index is 0.00546. The van der Waals surface area contributed by atoms with Gasteiger partial charge in [0.2, 0.25) is 5.91 Å². The lowest BCUT2D eigenvalue weighted by atomic mass is 10.2. The van der Waals surface area contributed by atoms with Gasteiger partial charge in [-0.25, -0.2) is 0 Å². The highest BCUT2D eigenvalue weighted by Gasteiger charge is 2.14. The number of aliphatic carboxylic acids is 1. The minimum atomic E-state index is -0.886. The number of carboxylic acids is 1. The van der Waals surface area contributed by atoms with Crippen molar-refractivity contribution in [3.63, 3.8) is 0 Å². The van der Waals surface area contributed by atoms with Crippen LogP contribution < -0.4 is 9.64 Å². The van der Waals surface area contributed by atoms with Crippen molar-refractivity contribution >= 4 is 17.6 Å². The number of anilines is 1. The first kappa shape index (κ1) is 14.0. The van der Waals surface area contributed by atoms with Crippen LogP contribution in [0.3, 0.4) is 0 Å². The van der Waals surface area contributed by atoms with Crippen molar-refractivity contribution in [3.8, 4) is 5.75 Å². The number of hydrogen-bond donors (Lipinski definition) is 1. The molecule has 1 aromatic rings. The van der Waals surface area contributed by atoms with Gasteiger partial charge in [0.25, 0.3) is 0 Å². The molecule has 0 saturated carbocycles. The molecule has 0 heterocycles. The van der Waals surface area contributed by atoms with Crippen LogP contribution >= 0.6 is 0 Å². The topological polar surface area (TPSA) is 66.8 Å². The number of amides is 1. The van der Waals surface area contributed by atoms with Gasteiger partial charge >= 0.3 is 5.97 Å². The number of carbonyl (C=O) groups is 2. The van der Waals surface area contributed by atoms with Crippen LogP contribution in [0, 0.1) is 0 Å². The molecule has 0 spiro atoms. The van der Waals surface area contributed by atoms with E-state index >= 15 is 0 Å². The molecule has 0 aliphatic heterocycles. The number of para-hydroxylation sites is 2. The van der Waals surface area contributed by atoms with E-state index in [0.29, 0.717) is 17.9 Å². The quantitative estimate of drug-likeness (QED) is 0.838. The van der Waals surface area contributed by atoms with Crippen molar-refractivity contribution in [2.24, 2.45) is 0 Å². The maximum atomic E-state index is 11.9. The summed E-state index contributed by atoms with van der Waals surface area (Å²) in [6, 6.07) is 7.20. The third kappa shape index (κ3) is 3.76. The number of methoxy groups -OCH3 is 1. The second-order valence-electron chi connectivity index (χ2n) is 3.87. The molecule has 5 heteroatoms. The average Bonchev–Trinajstić information content (AvgIpc) is 2.37. The van der Waals surface area contributed by atoms with E-state index < -0.39 is 5.97 Å². The van der Waals surface area contributed by atoms with E-state index in [9.17, 15) is 9.59 Å². The van der Waals surface area contributed by atoms with Crippen LogP contribution in [0.25, 0.3) is 0 Å².